The third-order valence-electron chi connectivity index (χ3n) is 4.04. The maximum Gasteiger partial charge on any atom is 0.310 e. The van der Waals surface area contributed by atoms with Gasteiger partial charge in [-0.3, -0.25) is 4.79 Å². The van der Waals surface area contributed by atoms with Crippen LogP contribution in [0.15, 0.2) is 53.9 Å². The Morgan fingerprint density at radius 2 is 1.96 bits per heavy atom. The van der Waals surface area contributed by atoms with Crippen LogP contribution in [0, 0.1) is 0 Å². The second-order valence-electron chi connectivity index (χ2n) is 6.38. The molecule has 0 amide bonds. The highest BCUT2D eigenvalue weighted by Gasteiger charge is 2.14. The first-order valence-electron chi connectivity index (χ1n) is 8.50. The van der Waals surface area contributed by atoms with E-state index in [1.807, 2.05) is 41.8 Å². The standard InChI is InChI=1S/C21H21NO3S/c1-14(2)16-8-9-19(25-12-15-6-4-3-5-7-15)17(10-16)18-13-26-20(22-18)11-21(23)24/h3-10,13-14H,11-12H2,1-2H3,(H,23,24). The molecule has 0 aliphatic heterocycles. The van der Waals surface area contributed by atoms with Gasteiger partial charge in [0, 0.05) is 10.9 Å². The number of aromatic nitrogens is 1. The van der Waals surface area contributed by atoms with E-state index in [0.717, 1.165) is 22.6 Å². The molecule has 3 aromatic rings. The molecule has 0 spiro atoms. The fourth-order valence-electron chi connectivity index (χ4n) is 2.61. The van der Waals surface area contributed by atoms with Gasteiger partial charge in [-0.25, -0.2) is 4.98 Å². The van der Waals surface area contributed by atoms with Crippen LogP contribution >= 0.6 is 11.3 Å². The number of carboxylic acids is 1. The van der Waals surface area contributed by atoms with Gasteiger partial charge >= 0.3 is 5.97 Å². The van der Waals surface area contributed by atoms with Gasteiger partial charge in [0.15, 0.2) is 0 Å². The van der Waals surface area contributed by atoms with Crippen LogP contribution in [0.5, 0.6) is 5.75 Å². The zero-order chi connectivity index (χ0) is 18.5. The van der Waals surface area contributed by atoms with Crippen LogP contribution in [0.1, 0.15) is 35.9 Å². The minimum absolute atomic E-state index is 0.0608. The van der Waals surface area contributed by atoms with Gasteiger partial charge in [0.05, 0.1) is 12.1 Å². The van der Waals surface area contributed by atoms with Crippen molar-refractivity contribution >= 4 is 17.3 Å². The number of benzene rings is 2. The zero-order valence-corrected chi connectivity index (χ0v) is 15.6. The van der Waals surface area contributed by atoms with Gasteiger partial charge in [-0.15, -0.1) is 11.3 Å². The highest BCUT2D eigenvalue weighted by Crippen LogP contribution is 2.34. The monoisotopic (exact) mass is 367 g/mol. The topological polar surface area (TPSA) is 59.4 Å². The van der Waals surface area contributed by atoms with Crippen molar-refractivity contribution in [2.24, 2.45) is 0 Å². The first-order chi connectivity index (χ1) is 12.5. The molecule has 0 radical (unpaired) electrons. The number of rotatable bonds is 7. The summed E-state index contributed by atoms with van der Waals surface area (Å²) >= 11 is 1.36. The van der Waals surface area contributed by atoms with E-state index in [9.17, 15) is 4.79 Å². The molecular formula is C21H21NO3S. The smallest absolute Gasteiger partial charge is 0.310 e. The van der Waals surface area contributed by atoms with Crippen molar-refractivity contribution in [3.05, 3.63) is 70.0 Å². The van der Waals surface area contributed by atoms with E-state index in [2.05, 4.69) is 31.0 Å². The molecule has 1 N–H and O–H groups in total. The summed E-state index contributed by atoms with van der Waals surface area (Å²) < 4.78 is 6.05. The second-order valence-corrected chi connectivity index (χ2v) is 7.32. The third kappa shape index (κ3) is 4.49. The lowest BCUT2D eigenvalue weighted by Crippen LogP contribution is -2.00. The Bertz CT molecular complexity index is 887. The predicted octanol–water partition coefficient (Wildman–Crippen LogP) is 5.14. The molecule has 5 heteroatoms. The van der Waals surface area contributed by atoms with Crippen molar-refractivity contribution in [3.63, 3.8) is 0 Å². The number of nitrogens with zero attached hydrogens (tertiary/aromatic N) is 1. The summed E-state index contributed by atoms with van der Waals surface area (Å²) in [6.07, 6.45) is -0.0608. The van der Waals surface area contributed by atoms with Gasteiger partial charge in [-0.2, -0.15) is 0 Å². The second kappa shape index (κ2) is 8.15. The molecule has 134 valence electrons. The van der Waals surface area contributed by atoms with Crippen LogP contribution in [0.2, 0.25) is 0 Å². The van der Waals surface area contributed by atoms with E-state index < -0.39 is 5.97 Å². The highest BCUT2D eigenvalue weighted by atomic mass is 32.1. The van der Waals surface area contributed by atoms with Crippen molar-refractivity contribution in [2.45, 2.75) is 32.8 Å². The number of hydrogen-bond donors (Lipinski definition) is 1. The molecule has 0 aliphatic carbocycles. The number of aliphatic carboxylic acids is 1. The van der Waals surface area contributed by atoms with Crippen molar-refractivity contribution in [1.29, 1.82) is 0 Å². The first kappa shape index (κ1) is 18.1. The number of carboxylic acid groups (broad SMARTS) is 1. The summed E-state index contributed by atoms with van der Waals surface area (Å²) in [4.78, 5) is 15.4. The minimum Gasteiger partial charge on any atom is -0.488 e. The number of hydrogen-bond acceptors (Lipinski definition) is 4. The fraction of sp³-hybridized carbons (Fsp3) is 0.238. The Morgan fingerprint density at radius 3 is 2.65 bits per heavy atom. The van der Waals surface area contributed by atoms with Crippen molar-refractivity contribution in [2.75, 3.05) is 0 Å². The van der Waals surface area contributed by atoms with Crippen LogP contribution in [0.3, 0.4) is 0 Å². The molecule has 0 saturated carbocycles. The SMILES string of the molecule is CC(C)c1ccc(OCc2ccccc2)c(-c2csc(CC(=O)O)n2)c1. The van der Waals surface area contributed by atoms with Crippen LogP contribution in [-0.2, 0) is 17.8 Å². The van der Waals surface area contributed by atoms with Crippen molar-refractivity contribution in [1.82, 2.24) is 4.98 Å². The predicted molar refractivity (Wildman–Crippen MR) is 104 cm³/mol. The van der Waals surface area contributed by atoms with Gasteiger partial charge in [0.2, 0.25) is 0 Å². The molecule has 0 atom stereocenters. The Morgan fingerprint density at radius 1 is 1.19 bits per heavy atom. The minimum atomic E-state index is -0.873. The van der Waals surface area contributed by atoms with Crippen LogP contribution in [-0.4, -0.2) is 16.1 Å². The lowest BCUT2D eigenvalue weighted by atomic mass is 9.99. The number of carbonyl (C=O) groups is 1. The molecule has 1 aromatic heterocycles. The highest BCUT2D eigenvalue weighted by molar-refractivity contribution is 7.10. The lowest BCUT2D eigenvalue weighted by molar-refractivity contribution is -0.136. The molecule has 26 heavy (non-hydrogen) atoms. The summed E-state index contributed by atoms with van der Waals surface area (Å²) in [6, 6.07) is 16.1. The molecule has 0 saturated heterocycles. The van der Waals surface area contributed by atoms with E-state index in [1.165, 1.54) is 16.9 Å². The fourth-order valence-corrected chi connectivity index (χ4v) is 3.40. The average molecular weight is 367 g/mol. The Kier molecular flexibility index (Phi) is 5.68. The molecule has 0 aliphatic rings. The maximum absolute atomic E-state index is 10.9. The summed E-state index contributed by atoms with van der Waals surface area (Å²) in [7, 11) is 0. The molecule has 2 aromatic carbocycles. The van der Waals surface area contributed by atoms with E-state index in [1.54, 1.807) is 0 Å². The molecular weight excluding hydrogens is 346 g/mol. The normalized spacial score (nSPS) is 10.9. The van der Waals surface area contributed by atoms with Crippen LogP contribution < -0.4 is 4.74 Å². The largest absolute Gasteiger partial charge is 0.488 e. The van der Waals surface area contributed by atoms with Crippen molar-refractivity contribution in [3.8, 4) is 17.0 Å². The number of thiazole rings is 1. The Hall–Kier alpha value is -2.66. The van der Waals surface area contributed by atoms with E-state index in [4.69, 9.17) is 9.84 Å². The molecule has 0 fully saturated rings. The lowest BCUT2D eigenvalue weighted by Gasteiger charge is -2.14. The molecule has 3 rings (SSSR count). The average Bonchev–Trinajstić information content (AvgIpc) is 3.08. The summed E-state index contributed by atoms with van der Waals surface area (Å²) in [5.74, 6) is 0.266. The molecule has 0 bridgehead atoms. The summed E-state index contributed by atoms with van der Waals surface area (Å²) in [6.45, 7) is 4.75. The Labute approximate surface area is 157 Å². The Balaban J connectivity index is 1.91. The third-order valence-corrected chi connectivity index (χ3v) is 4.89. The van der Waals surface area contributed by atoms with Crippen LogP contribution in [0.25, 0.3) is 11.3 Å². The van der Waals surface area contributed by atoms with E-state index in [-0.39, 0.29) is 6.42 Å². The van der Waals surface area contributed by atoms with E-state index in [0.29, 0.717) is 17.5 Å². The summed E-state index contributed by atoms with van der Waals surface area (Å²) in [5.41, 5.74) is 3.95. The molecule has 1 heterocycles. The van der Waals surface area contributed by atoms with Gasteiger partial charge in [-0.05, 0) is 29.2 Å². The quantitative estimate of drug-likeness (QED) is 0.628. The van der Waals surface area contributed by atoms with Gasteiger partial charge in [-0.1, -0.05) is 50.2 Å². The van der Waals surface area contributed by atoms with Gasteiger partial charge in [0.25, 0.3) is 0 Å². The van der Waals surface area contributed by atoms with Crippen LogP contribution in [0.4, 0.5) is 0 Å². The maximum atomic E-state index is 10.9. The molecule has 4 nitrogen and oxygen atoms in total. The number of ether oxygens (including phenoxy) is 1. The van der Waals surface area contributed by atoms with Gasteiger partial charge < -0.3 is 9.84 Å². The first-order valence-corrected chi connectivity index (χ1v) is 9.38. The summed E-state index contributed by atoms with van der Waals surface area (Å²) in [5, 5.41) is 11.5. The zero-order valence-electron chi connectivity index (χ0n) is 14.8. The molecule has 0 unspecified atom stereocenters. The van der Waals surface area contributed by atoms with Gasteiger partial charge in [0.1, 0.15) is 17.4 Å². The van der Waals surface area contributed by atoms with E-state index >= 15 is 0 Å². The van der Waals surface area contributed by atoms with Crippen molar-refractivity contribution < 1.29 is 14.6 Å².